The number of rotatable bonds is 23. The summed E-state index contributed by atoms with van der Waals surface area (Å²) >= 11 is 0. The van der Waals surface area contributed by atoms with Crippen LogP contribution < -0.4 is 6.15 Å². The van der Waals surface area contributed by atoms with Crippen LogP contribution in [0.1, 0.15) is 149 Å². The van der Waals surface area contributed by atoms with Crippen LogP contribution in [0.4, 0.5) is 4.39 Å². The van der Waals surface area contributed by atoms with E-state index in [-0.39, 0.29) is 19.0 Å². The number of alkyl halides is 1. The van der Waals surface area contributed by atoms with E-state index in [1.54, 1.807) is 0 Å². The van der Waals surface area contributed by atoms with Crippen LogP contribution in [0.15, 0.2) is 0 Å². The molecular weight excluding hydrogens is 429 g/mol. The summed E-state index contributed by atoms with van der Waals surface area (Å²) < 4.78 is 42.1. The van der Waals surface area contributed by atoms with Gasteiger partial charge in [-0.15, -0.1) is 0 Å². The second-order valence-corrected chi connectivity index (χ2v) is 10.6. The lowest BCUT2D eigenvalue weighted by Crippen LogP contribution is -2.22. The monoisotopic (exact) mass is 481 g/mol. The Morgan fingerprint density at radius 3 is 1.41 bits per heavy atom. The highest BCUT2D eigenvalue weighted by Crippen LogP contribution is 2.18. The molecule has 0 aliphatic heterocycles. The first-order valence-corrected chi connectivity index (χ1v) is 14.5. The lowest BCUT2D eigenvalue weighted by molar-refractivity contribution is -0.134. The van der Waals surface area contributed by atoms with Gasteiger partial charge in [0, 0.05) is 6.42 Å². The molecule has 0 radical (unpaired) electrons. The van der Waals surface area contributed by atoms with Crippen LogP contribution in [-0.4, -0.2) is 19.9 Å². The molecule has 0 aromatic heterocycles. The Hall–Kier alpha value is -0.690. The van der Waals surface area contributed by atoms with Crippen molar-refractivity contribution in [1.82, 2.24) is 6.15 Å². The Labute approximate surface area is 198 Å². The Morgan fingerprint density at radius 2 is 1.00 bits per heavy atom. The smallest absolute Gasteiger partial charge is 0.344 e. The number of unbranched alkanes of at least 4 members (excludes halogenated alkanes) is 17. The van der Waals surface area contributed by atoms with E-state index in [4.69, 9.17) is 0 Å². The summed E-state index contributed by atoms with van der Waals surface area (Å²) in [7, 11) is -4.44. The van der Waals surface area contributed by atoms with Crippen LogP contribution in [-0.2, 0) is 19.1 Å². The number of halogens is 1. The fraction of sp³-hybridized carbons (Fsp3) is 0.960. The van der Waals surface area contributed by atoms with Gasteiger partial charge in [0.05, 0.1) is 0 Å². The topological polar surface area (TPSA) is 95.4 Å². The summed E-state index contributed by atoms with van der Waals surface area (Å²) in [5.41, 5.74) is -2.10. The van der Waals surface area contributed by atoms with Gasteiger partial charge in [0.25, 0.3) is 0 Å². The quantitative estimate of drug-likeness (QED) is 0.116. The molecule has 0 spiro atoms. The Kier molecular flexibility index (Phi) is 24.6. The van der Waals surface area contributed by atoms with E-state index >= 15 is 0 Å². The molecule has 1 unspecified atom stereocenters. The second-order valence-electron chi connectivity index (χ2n) is 8.91. The second kappa shape index (κ2) is 23.5. The fourth-order valence-electron chi connectivity index (χ4n) is 3.74. The third-order valence-electron chi connectivity index (χ3n) is 5.79. The van der Waals surface area contributed by atoms with Crippen LogP contribution in [0.5, 0.6) is 0 Å². The zero-order valence-corrected chi connectivity index (χ0v) is 21.9. The minimum Gasteiger partial charge on any atom is -0.344 e. The molecule has 0 fully saturated rings. The van der Waals surface area contributed by atoms with E-state index in [1.165, 1.54) is 57.8 Å². The lowest BCUT2D eigenvalue weighted by atomic mass is 10.0. The predicted octanol–water partition coefficient (Wildman–Crippen LogP) is 8.55. The molecule has 7 heteroatoms. The van der Waals surface area contributed by atoms with Crippen molar-refractivity contribution < 1.29 is 21.8 Å². The van der Waals surface area contributed by atoms with Crippen molar-refractivity contribution in [3.63, 3.8) is 0 Å². The molecule has 0 aliphatic rings. The standard InChI is InChI=1S/C25H49FO4S.H3N/c1-3-5-7-9-11-12-13-14-15-16-17-19-21-23-25(27)30-31(28,29)24(26)22-20-18-10-8-6-4-2;/h24H,3-23H2,1-2H3;1H3. The van der Waals surface area contributed by atoms with Crippen LogP contribution in [0.3, 0.4) is 0 Å². The molecule has 0 aliphatic carbocycles. The zero-order valence-electron chi connectivity index (χ0n) is 21.1. The van der Waals surface area contributed by atoms with E-state index in [0.29, 0.717) is 12.8 Å². The molecule has 0 aromatic rings. The average Bonchev–Trinajstić information content (AvgIpc) is 2.73. The number of hydrogen-bond donors (Lipinski definition) is 1. The maximum Gasteiger partial charge on any atom is 0.344 e. The van der Waals surface area contributed by atoms with Gasteiger partial charge in [0.2, 0.25) is 5.50 Å². The fourth-order valence-corrected chi connectivity index (χ4v) is 4.64. The molecule has 32 heavy (non-hydrogen) atoms. The summed E-state index contributed by atoms with van der Waals surface area (Å²) in [6.45, 7) is 4.36. The van der Waals surface area contributed by atoms with Crippen molar-refractivity contribution in [1.29, 1.82) is 0 Å². The Balaban J connectivity index is 0. The van der Waals surface area contributed by atoms with Crippen molar-refractivity contribution >= 4 is 16.1 Å². The first kappa shape index (κ1) is 33.5. The van der Waals surface area contributed by atoms with Gasteiger partial charge in [-0.1, -0.05) is 123 Å². The molecule has 0 rings (SSSR count). The van der Waals surface area contributed by atoms with Crippen molar-refractivity contribution in [3.8, 4) is 0 Å². The van der Waals surface area contributed by atoms with Gasteiger partial charge < -0.3 is 10.3 Å². The maximum atomic E-state index is 13.9. The number of hydrogen-bond acceptors (Lipinski definition) is 5. The highest BCUT2D eigenvalue weighted by Gasteiger charge is 2.28. The molecular formula is C25H52FNO4S. The first-order valence-electron chi connectivity index (χ1n) is 13.0. The molecule has 0 aromatic carbocycles. The molecule has 0 bridgehead atoms. The SMILES string of the molecule is CCCCCCCCCCCCCCCC(=O)OS(=O)(=O)C(F)CCCCCCCC.N. The van der Waals surface area contributed by atoms with Crippen LogP contribution in [0, 0.1) is 0 Å². The minimum atomic E-state index is -4.44. The Bertz CT molecular complexity index is 514. The number of carbonyl (C=O) groups is 1. The summed E-state index contributed by atoms with van der Waals surface area (Å²) in [6.07, 6.45) is 21.1. The molecule has 0 heterocycles. The van der Waals surface area contributed by atoms with Gasteiger partial charge >= 0.3 is 16.1 Å². The van der Waals surface area contributed by atoms with Gasteiger partial charge in [-0.25, -0.2) is 4.39 Å². The third kappa shape index (κ3) is 21.2. The van der Waals surface area contributed by atoms with Gasteiger partial charge in [0.15, 0.2) is 0 Å². The van der Waals surface area contributed by atoms with E-state index in [1.807, 2.05) is 0 Å². The molecule has 5 nitrogen and oxygen atoms in total. The van der Waals surface area contributed by atoms with Gasteiger partial charge in [-0.2, -0.15) is 8.42 Å². The predicted molar refractivity (Wildman–Crippen MR) is 133 cm³/mol. The van der Waals surface area contributed by atoms with Crippen molar-refractivity contribution in [2.24, 2.45) is 0 Å². The van der Waals surface area contributed by atoms with Crippen molar-refractivity contribution in [2.75, 3.05) is 0 Å². The van der Waals surface area contributed by atoms with Crippen LogP contribution in [0.25, 0.3) is 0 Å². The van der Waals surface area contributed by atoms with Gasteiger partial charge in [-0.3, -0.25) is 4.79 Å². The van der Waals surface area contributed by atoms with Crippen molar-refractivity contribution in [3.05, 3.63) is 0 Å². The van der Waals surface area contributed by atoms with Gasteiger partial charge in [0.1, 0.15) is 0 Å². The minimum absolute atomic E-state index is 0. The summed E-state index contributed by atoms with van der Waals surface area (Å²) in [5.74, 6) is -0.825. The Morgan fingerprint density at radius 1 is 0.656 bits per heavy atom. The molecule has 3 N–H and O–H groups in total. The molecule has 0 saturated heterocycles. The molecule has 0 amide bonds. The largest absolute Gasteiger partial charge is 0.344 e. The van der Waals surface area contributed by atoms with Crippen LogP contribution >= 0.6 is 0 Å². The maximum absolute atomic E-state index is 13.9. The summed E-state index contributed by atoms with van der Waals surface area (Å²) in [6, 6.07) is 0. The molecule has 0 saturated carbocycles. The normalized spacial score (nSPS) is 12.3. The molecule has 194 valence electrons. The van der Waals surface area contributed by atoms with Gasteiger partial charge in [-0.05, 0) is 19.3 Å². The zero-order chi connectivity index (χ0) is 23.2. The molecule has 1 atom stereocenters. The highest BCUT2D eigenvalue weighted by atomic mass is 32.2. The summed E-state index contributed by atoms with van der Waals surface area (Å²) in [5, 5.41) is 0. The van der Waals surface area contributed by atoms with Crippen LogP contribution in [0.2, 0.25) is 0 Å². The van der Waals surface area contributed by atoms with E-state index < -0.39 is 21.6 Å². The van der Waals surface area contributed by atoms with E-state index in [0.717, 1.165) is 51.4 Å². The third-order valence-corrected chi connectivity index (χ3v) is 7.07. The number of carbonyl (C=O) groups excluding carboxylic acids is 1. The first-order chi connectivity index (χ1) is 14.9. The highest BCUT2D eigenvalue weighted by molar-refractivity contribution is 7.87. The van der Waals surface area contributed by atoms with Crippen molar-refractivity contribution in [2.45, 2.75) is 154 Å². The summed E-state index contributed by atoms with van der Waals surface area (Å²) in [4.78, 5) is 11.7. The lowest BCUT2D eigenvalue weighted by Gasteiger charge is -2.10. The van der Waals surface area contributed by atoms with E-state index in [2.05, 4.69) is 18.0 Å². The average molecular weight is 482 g/mol. The van der Waals surface area contributed by atoms with E-state index in [9.17, 15) is 17.6 Å².